The molecule has 0 aliphatic carbocycles. The van der Waals surface area contributed by atoms with E-state index >= 15 is 0 Å². The van der Waals surface area contributed by atoms with Crippen LogP contribution in [-0.2, 0) is 14.8 Å². The minimum Gasteiger partial charge on any atom is -0.384 e. The number of rotatable bonds is 3. The lowest BCUT2D eigenvalue weighted by Crippen LogP contribution is -2.30. The molecule has 1 unspecified atom stereocenters. The Kier molecular flexibility index (Phi) is 3.32. The van der Waals surface area contributed by atoms with Gasteiger partial charge in [0.25, 0.3) is 0 Å². The number of aromatic nitrogens is 1. The molecular formula is C10H15N3O3S. The van der Waals surface area contributed by atoms with Crippen molar-refractivity contribution in [3.05, 3.63) is 18.3 Å². The fourth-order valence-corrected chi connectivity index (χ4v) is 3.35. The molecular weight excluding hydrogens is 242 g/mol. The van der Waals surface area contributed by atoms with Gasteiger partial charge in [-0.1, -0.05) is 0 Å². The van der Waals surface area contributed by atoms with Crippen LogP contribution in [0.5, 0.6) is 0 Å². The molecule has 0 spiro atoms. The van der Waals surface area contributed by atoms with Crippen LogP contribution in [0.25, 0.3) is 0 Å². The highest BCUT2D eigenvalue weighted by Gasteiger charge is 2.32. The Morgan fingerprint density at radius 1 is 1.59 bits per heavy atom. The number of methoxy groups -OCH3 is 1. The van der Waals surface area contributed by atoms with Gasteiger partial charge in [-0.05, 0) is 12.5 Å². The number of hydrogen-bond acceptors (Lipinski definition) is 5. The van der Waals surface area contributed by atoms with E-state index in [1.165, 1.54) is 22.6 Å². The Morgan fingerprint density at radius 3 is 2.94 bits per heavy atom. The van der Waals surface area contributed by atoms with Crippen molar-refractivity contribution < 1.29 is 13.2 Å². The third-order valence-electron chi connectivity index (χ3n) is 2.83. The molecule has 7 heteroatoms. The van der Waals surface area contributed by atoms with Gasteiger partial charge in [-0.15, -0.1) is 0 Å². The Morgan fingerprint density at radius 2 is 2.35 bits per heavy atom. The van der Waals surface area contributed by atoms with Gasteiger partial charge in [0.1, 0.15) is 5.82 Å². The molecule has 1 saturated heterocycles. The summed E-state index contributed by atoms with van der Waals surface area (Å²) in [5.41, 5.74) is 5.49. The molecule has 2 rings (SSSR count). The van der Waals surface area contributed by atoms with E-state index in [-0.39, 0.29) is 16.8 Å². The van der Waals surface area contributed by atoms with Crippen molar-refractivity contribution in [3.63, 3.8) is 0 Å². The van der Waals surface area contributed by atoms with Gasteiger partial charge < -0.3 is 10.5 Å². The fraction of sp³-hybridized carbons (Fsp3) is 0.500. The first-order chi connectivity index (χ1) is 8.04. The first-order valence-corrected chi connectivity index (χ1v) is 6.72. The minimum atomic E-state index is -3.47. The van der Waals surface area contributed by atoms with Crippen molar-refractivity contribution in [2.24, 2.45) is 0 Å². The van der Waals surface area contributed by atoms with Crippen LogP contribution in [0.3, 0.4) is 0 Å². The molecule has 1 atom stereocenters. The highest BCUT2D eigenvalue weighted by molar-refractivity contribution is 7.89. The van der Waals surface area contributed by atoms with E-state index in [1.807, 2.05) is 0 Å². The number of hydrogen-bond donors (Lipinski definition) is 1. The first-order valence-electron chi connectivity index (χ1n) is 5.28. The Hall–Kier alpha value is -1.18. The third-order valence-corrected chi connectivity index (χ3v) is 4.69. The van der Waals surface area contributed by atoms with Gasteiger partial charge in [-0.2, -0.15) is 4.31 Å². The van der Waals surface area contributed by atoms with Crippen LogP contribution < -0.4 is 5.73 Å². The zero-order valence-corrected chi connectivity index (χ0v) is 10.4. The van der Waals surface area contributed by atoms with Crippen LogP contribution in [0.15, 0.2) is 23.2 Å². The zero-order valence-electron chi connectivity index (χ0n) is 9.54. The molecule has 0 radical (unpaired) electrons. The molecule has 1 aliphatic heterocycles. The Bertz CT molecular complexity index is 503. The van der Waals surface area contributed by atoms with E-state index in [0.29, 0.717) is 13.1 Å². The number of sulfonamides is 1. The van der Waals surface area contributed by atoms with Gasteiger partial charge in [0, 0.05) is 32.5 Å². The zero-order chi connectivity index (χ0) is 12.5. The van der Waals surface area contributed by atoms with E-state index < -0.39 is 10.0 Å². The minimum absolute atomic E-state index is 0.0241. The molecule has 94 valence electrons. The first kappa shape index (κ1) is 12.3. The Balaban J connectivity index is 2.25. The van der Waals surface area contributed by atoms with Crippen LogP contribution in [0.1, 0.15) is 6.42 Å². The molecule has 2 N–H and O–H groups in total. The maximum atomic E-state index is 12.2. The van der Waals surface area contributed by atoms with Crippen molar-refractivity contribution in [1.82, 2.24) is 9.29 Å². The second-order valence-electron chi connectivity index (χ2n) is 3.93. The lowest BCUT2D eigenvalue weighted by atomic mass is 10.3. The van der Waals surface area contributed by atoms with E-state index in [1.54, 1.807) is 7.11 Å². The maximum Gasteiger partial charge on any atom is 0.243 e. The molecule has 17 heavy (non-hydrogen) atoms. The number of nitrogens with zero attached hydrogens (tertiary/aromatic N) is 2. The molecule has 0 saturated carbocycles. The quantitative estimate of drug-likeness (QED) is 0.828. The number of anilines is 1. The van der Waals surface area contributed by atoms with Crippen molar-refractivity contribution in [2.75, 3.05) is 25.9 Å². The summed E-state index contributed by atoms with van der Waals surface area (Å²) < 4.78 is 31.0. The van der Waals surface area contributed by atoms with Crippen molar-refractivity contribution >= 4 is 15.8 Å². The largest absolute Gasteiger partial charge is 0.384 e. The summed E-state index contributed by atoms with van der Waals surface area (Å²) >= 11 is 0. The smallest absolute Gasteiger partial charge is 0.243 e. The van der Waals surface area contributed by atoms with Crippen LogP contribution in [0.4, 0.5) is 5.82 Å². The summed E-state index contributed by atoms with van der Waals surface area (Å²) in [6, 6.07) is 2.82. The number of pyridine rings is 1. The van der Waals surface area contributed by atoms with Crippen LogP contribution in [0.2, 0.25) is 0 Å². The molecule has 1 aliphatic rings. The standard InChI is InChI=1S/C10H15N3O3S/c1-16-8-3-5-13(7-8)17(14,15)9-2-4-12-10(11)6-9/h2,4,6,8H,3,5,7H2,1H3,(H2,11,12). The lowest BCUT2D eigenvalue weighted by molar-refractivity contribution is 0.115. The van der Waals surface area contributed by atoms with Gasteiger partial charge in [0.15, 0.2) is 0 Å². The van der Waals surface area contributed by atoms with Crippen molar-refractivity contribution in [3.8, 4) is 0 Å². The molecule has 2 heterocycles. The topological polar surface area (TPSA) is 85.5 Å². The van der Waals surface area contributed by atoms with Gasteiger partial charge in [-0.3, -0.25) is 0 Å². The highest BCUT2D eigenvalue weighted by Crippen LogP contribution is 2.22. The van der Waals surface area contributed by atoms with E-state index in [9.17, 15) is 8.42 Å². The number of ether oxygens (including phenoxy) is 1. The molecule has 1 aromatic heterocycles. The van der Waals surface area contributed by atoms with Gasteiger partial charge >= 0.3 is 0 Å². The fourth-order valence-electron chi connectivity index (χ4n) is 1.85. The van der Waals surface area contributed by atoms with Gasteiger partial charge in [0.05, 0.1) is 11.0 Å². The SMILES string of the molecule is COC1CCN(S(=O)(=O)c2ccnc(N)c2)C1. The normalized spacial score (nSPS) is 21.8. The van der Waals surface area contributed by atoms with Gasteiger partial charge in [0.2, 0.25) is 10.0 Å². The third kappa shape index (κ3) is 2.41. The molecule has 0 bridgehead atoms. The second kappa shape index (κ2) is 4.59. The molecule has 0 amide bonds. The molecule has 0 aromatic carbocycles. The second-order valence-corrected chi connectivity index (χ2v) is 5.86. The molecule has 1 aromatic rings. The molecule has 1 fully saturated rings. The monoisotopic (exact) mass is 257 g/mol. The van der Waals surface area contributed by atoms with Crippen molar-refractivity contribution in [1.29, 1.82) is 0 Å². The lowest BCUT2D eigenvalue weighted by Gasteiger charge is -2.16. The summed E-state index contributed by atoms with van der Waals surface area (Å²) in [7, 11) is -1.88. The summed E-state index contributed by atoms with van der Waals surface area (Å²) in [6.45, 7) is 0.865. The average Bonchev–Trinajstić information content (AvgIpc) is 2.78. The highest BCUT2D eigenvalue weighted by atomic mass is 32.2. The summed E-state index contributed by atoms with van der Waals surface area (Å²) in [5, 5.41) is 0. The predicted molar refractivity (Wildman–Crippen MR) is 62.8 cm³/mol. The Labute approximate surface area is 100 Å². The summed E-state index contributed by atoms with van der Waals surface area (Å²) in [5.74, 6) is 0.202. The number of nitrogens with two attached hydrogens (primary N) is 1. The van der Waals surface area contributed by atoms with E-state index in [2.05, 4.69) is 4.98 Å². The van der Waals surface area contributed by atoms with Crippen LogP contribution >= 0.6 is 0 Å². The maximum absolute atomic E-state index is 12.2. The average molecular weight is 257 g/mol. The van der Waals surface area contributed by atoms with Crippen molar-refractivity contribution in [2.45, 2.75) is 17.4 Å². The van der Waals surface area contributed by atoms with Crippen LogP contribution in [-0.4, -0.2) is 44.0 Å². The van der Waals surface area contributed by atoms with E-state index in [0.717, 1.165) is 6.42 Å². The summed E-state index contributed by atoms with van der Waals surface area (Å²) in [6.07, 6.45) is 2.09. The number of nitrogen functional groups attached to an aromatic ring is 1. The van der Waals surface area contributed by atoms with Gasteiger partial charge in [-0.25, -0.2) is 13.4 Å². The van der Waals surface area contributed by atoms with E-state index in [4.69, 9.17) is 10.5 Å². The van der Waals surface area contributed by atoms with Crippen LogP contribution in [0, 0.1) is 0 Å². The summed E-state index contributed by atoms with van der Waals surface area (Å²) in [4.78, 5) is 3.96. The molecule has 6 nitrogen and oxygen atoms in total. The predicted octanol–water partition coefficient (Wildman–Crippen LogP) is 0.0732.